The molecule has 0 spiro atoms. The SMILES string of the molecule is O=C(NCCN1CCOCC1)c1ccc(Nc2nc3c(-c4ccc(F)cc4)cccn3n2)cc1. The van der Waals surface area contributed by atoms with E-state index in [2.05, 4.69) is 25.6 Å². The molecule has 34 heavy (non-hydrogen) atoms. The molecule has 0 bridgehead atoms. The topological polar surface area (TPSA) is 83.8 Å². The number of hydrogen-bond acceptors (Lipinski definition) is 6. The van der Waals surface area contributed by atoms with E-state index in [1.807, 2.05) is 30.5 Å². The van der Waals surface area contributed by atoms with E-state index in [9.17, 15) is 9.18 Å². The van der Waals surface area contributed by atoms with E-state index in [1.165, 1.54) is 12.1 Å². The van der Waals surface area contributed by atoms with Gasteiger partial charge in [-0.2, -0.15) is 4.98 Å². The van der Waals surface area contributed by atoms with Crippen LogP contribution in [0.2, 0.25) is 0 Å². The third-order valence-corrected chi connectivity index (χ3v) is 5.74. The molecule has 2 aromatic carbocycles. The molecule has 2 aromatic heterocycles. The van der Waals surface area contributed by atoms with E-state index >= 15 is 0 Å². The molecule has 0 unspecified atom stereocenters. The number of nitrogens with zero attached hydrogens (tertiary/aromatic N) is 4. The average Bonchev–Trinajstić information content (AvgIpc) is 3.28. The largest absolute Gasteiger partial charge is 0.379 e. The molecule has 0 saturated carbocycles. The van der Waals surface area contributed by atoms with Crippen molar-refractivity contribution in [2.24, 2.45) is 0 Å². The van der Waals surface area contributed by atoms with Gasteiger partial charge in [0.05, 0.1) is 13.2 Å². The van der Waals surface area contributed by atoms with Crippen molar-refractivity contribution < 1.29 is 13.9 Å². The van der Waals surface area contributed by atoms with Crippen LogP contribution in [0.3, 0.4) is 0 Å². The van der Waals surface area contributed by atoms with Gasteiger partial charge < -0.3 is 15.4 Å². The van der Waals surface area contributed by atoms with Crippen molar-refractivity contribution in [3.63, 3.8) is 0 Å². The van der Waals surface area contributed by atoms with Gasteiger partial charge in [0.25, 0.3) is 5.91 Å². The predicted molar refractivity (Wildman–Crippen MR) is 128 cm³/mol. The Morgan fingerprint density at radius 1 is 1.03 bits per heavy atom. The van der Waals surface area contributed by atoms with Crippen molar-refractivity contribution in [1.29, 1.82) is 0 Å². The molecule has 9 heteroatoms. The van der Waals surface area contributed by atoms with Crippen LogP contribution in [-0.4, -0.2) is 64.8 Å². The fourth-order valence-electron chi connectivity index (χ4n) is 3.90. The van der Waals surface area contributed by atoms with E-state index in [4.69, 9.17) is 4.74 Å². The first-order valence-electron chi connectivity index (χ1n) is 11.2. The summed E-state index contributed by atoms with van der Waals surface area (Å²) in [5.74, 6) is 0.0423. The number of morpholine rings is 1. The number of carbonyl (C=O) groups is 1. The van der Waals surface area contributed by atoms with E-state index in [1.54, 1.807) is 28.8 Å². The fraction of sp³-hybridized carbons (Fsp3) is 0.240. The standard InChI is InChI=1S/C25H25FN6O2/c26-20-7-3-18(4-8-20)22-2-1-12-32-23(22)29-25(30-32)28-21-9-5-19(6-10-21)24(33)27-11-13-31-14-16-34-17-15-31/h1-10,12H,11,13-17H2,(H,27,33)(H,28,30). The zero-order valence-electron chi connectivity index (χ0n) is 18.6. The summed E-state index contributed by atoms with van der Waals surface area (Å²) in [4.78, 5) is 19.3. The summed E-state index contributed by atoms with van der Waals surface area (Å²) >= 11 is 0. The number of benzene rings is 2. The molecule has 3 heterocycles. The number of halogens is 1. The maximum Gasteiger partial charge on any atom is 0.251 e. The smallest absolute Gasteiger partial charge is 0.251 e. The zero-order chi connectivity index (χ0) is 23.3. The molecule has 4 aromatic rings. The van der Waals surface area contributed by atoms with Gasteiger partial charge in [0.2, 0.25) is 5.95 Å². The van der Waals surface area contributed by atoms with Crippen molar-refractivity contribution in [2.75, 3.05) is 44.7 Å². The minimum absolute atomic E-state index is 0.102. The second-order valence-corrected chi connectivity index (χ2v) is 8.04. The predicted octanol–water partition coefficient (Wildman–Crippen LogP) is 3.34. The Kier molecular flexibility index (Phi) is 6.46. The summed E-state index contributed by atoms with van der Waals surface area (Å²) in [6.07, 6.45) is 1.81. The van der Waals surface area contributed by atoms with Crippen LogP contribution in [0.1, 0.15) is 10.4 Å². The van der Waals surface area contributed by atoms with Crippen molar-refractivity contribution in [1.82, 2.24) is 24.8 Å². The molecule has 0 radical (unpaired) electrons. The molecule has 0 aliphatic carbocycles. The summed E-state index contributed by atoms with van der Waals surface area (Å²) in [6.45, 7) is 4.71. The Bertz CT molecular complexity index is 1270. The van der Waals surface area contributed by atoms with Gasteiger partial charge in [-0.1, -0.05) is 12.1 Å². The molecule has 1 aliphatic rings. The third kappa shape index (κ3) is 5.05. The van der Waals surface area contributed by atoms with Crippen LogP contribution in [0.25, 0.3) is 16.8 Å². The van der Waals surface area contributed by atoms with Crippen molar-refractivity contribution >= 4 is 23.2 Å². The van der Waals surface area contributed by atoms with Gasteiger partial charge in [-0.25, -0.2) is 8.91 Å². The minimum atomic E-state index is -0.284. The van der Waals surface area contributed by atoms with Gasteiger partial charge in [0.15, 0.2) is 5.65 Å². The maximum absolute atomic E-state index is 13.3. The number of rotatable bonds is 7. The van der Waals surface area contributed by atoms with Gasteiger partial charge in [0.1, 0.15) is 5.82 Å². The highest BCUT2D eigenvalue weighted by atomic mass is 19.1. The first-order chi connectivity index (χ1) is 16.7. The average molecular weight is 461 g/mol. The quantitative estimate of drug-likeness (QED) is 0.440. The van der Waals surface area contributed by atoms with Crippen molar-refractivity contribution in [3.05, 3.63) is 78.2 Å². The van der Waals surface area contributed by atoms with Crippen LogP contribution in [0, 0.1) is 5.82 Å². The van der Waals surface area contributed by atoms with Crippen LogP contribution in [-0.2, 0) is 4.74 Å². The lowest BCUT2D eigenvalue weighted by molar-refractivity contribution is 0.0383. The number of anilines is 2. The van der Waals surface area contributed by atoms with Crippen LogP contribution in [0.5, 0.6) is 0 Å². The van der Waals surface area contributed by atoms with Gasteiger partial charge in [-0.05, 0) is 54.1 Å². The second-order valence-electron chi connectivity index (χ2n) is 8.04. The first-order valence-corrected chi connectivity index (χ1v) is 11.2. The number of aromatic nitrogens is 3. The molecule has 1 aliphatic heterocycles. The summed E-state index contributed by atoms with van der Waals surface area (Å²) < 4.78 is 20.3. The van der Waals surface area contributed by atoms with E-state index in [-0.39, 0.29) is 11.7 Å². The number of amides is 1. The lowest BCUT2D eigenvalue weighted by atomic mass is 10.1. The minimum Gasteiger partial charge on any atom is -0.379 e. The third-order valence-electron chi connectivity index (χ3n) is 5.74. The number of carbonyl (C=O) groups excluding carboxylic acids is 1. The number of ether oxygens (including phenoxy) is 1. The molecule has 8 nitrogen and oxygen atoms in total. The Balaban J connectivity index is 1.23. The molecule has 174 valence electrons. The van der Waals surface area contributed by atoms with Crippen molar-refractivity contribution in [3.8, 4) is 11.1 Å². The highest BCUT2D eigenvalue weighted by Gasteiger charge is 2.12. The zero-order valence-corrected chi connectivity index (χ0v) is 18.6. The lowest BCUT2D eigenvalue weighted by Gasteiger charge is -2.26. The van der Waals surface area contributed by atoms with Crippen LogP contribution < -0.4 is 10.6 Å². The highest BCUT2D eigenvalue weighted by molar-refractivity contribution is 5.94. The Morgan fingerprint density at radius 3 is 2.56 bits per heavy atom. The molecular formula is C25H25FN6O2. The summed E-state index contributed by atoms with van der Waals surface area (Å²) in [7, 11) is 0. The molecule has 1 fully saturated rings. The van der Waals surface area contributed by atoms with Crippen LogP contribution in [0.4, 0.5) is 16.0 Å². The van der Waals surface area contributed by atoms with E-state index in [0.29, 0.717) is 23.7 Å². The molecule has 2 N–H and O–H groups in total. The maximum atomic E-state index is 13.3. The van der Waals surface area contributed by atoms with Gasteiger partial charge in [-0.3, -0.25) is 9.69 Å². The normalized spacial score (nSPS) is 14.3. The summed E-state index contributed by atoms with van der Waals surface area (Å²) in [5, 5.41) is 10.6. The number of pyridine rings is 1. The van der Waals surface area contributed by atoms with Crippen molar-refractivity contribution in [2.45, 2.75) is 0 Å². The summed E-state index contributed by atoms with van der Waals surface area (Å²) in [5.41, 5.74) is 3.73. The van der Waals surface area contributed by atoms with E-state index in [0.717, 1.165) is 49.7 Å². The Hall–Kier alpha value is -3.82. The first kappa shape index (κ1) is 22.0. The Morgan fingerprint density at radius 2 is 1.79 bits per heavy atom. The lowest BCUT2D eigenvalue weighted by Crippen LogP contribution is -2.41. The van der Waals surface area contributed by atoms with Crippen LogP contribution in [0.15, 0.2) is 66.9 Å². The van der Waals surface area contributed by atoms with E-state index < -0.39 is 0 Å². The van der Waals surface area contributed by atoms with Gasteiger partial charge in [0, 0.05) is 49.2 Å². The number of hydrogen-bond donors (Lipinski definition) is 2. The number of nitrogens with one attached hydrogen (secondary N) is 2. The van der Waals surface area contributed by atoms with Crippen LogP contribution >= 0.6 is 0 Å². The molecule has 5 rings (SSSR count). The summed E-state index contributed by atoms with van der Waals surface area (Å²) in [6, 6.07) is 17.3. The molecule has 1 saturated heterocycles. The molecule has 1 amide bonds. The second kappa shape index (κ2) is 9.98. The highest BCUT2D eigenvalue weighted by Crippen LogP contribution is 2.25. The Labute approximate surface area is 196 Å². The molecule has 0 atom stereocenters. The fourth-order valence-corrected chi connectivity index (χ4v) is 3.90. The number of fused-ring (bicyclic) bond motifs is 1. The van der Waals surface area contributed by atoms with Gasteiger partial charge >= 0.3 is 0 Å². The molecular weight excluding hydrogens is 435 g/mol. The van der Waals surface area contributed by atoms with Gasteiger partial charge in [-0.15, -0.1) is 5.10 Å². The monoisotopic (exact) mass is 460 g/mol.